The quantitative estimate of drug-likeness (QED) is 0.735. The van der Waals surface area contributed by atoms with Crippen LogP contribution in [-0.4, -0.2) is 12.5 Å². The minimum atomic E-state index is -0.524. The molecule has 0 aromatic heterocycles. The normalized spacial score (nSPS) is 10.3. The van der Waals surface area contributed by atoms with Crippen LogP contribution >= 0.6 is 22.6 Å². The van der Waals surface area contributed by atoms with E-state index in [0.717, 1.165) is 9.13 Å². The third-order valence-electron chi connectivity index (χ3n) is 2.89. The third-order valence-corrected chi connectivity index (χ3v) is 3.69. The van der Waals surface area contributed by atoms with Crippen LogP contribution in [0.5, 0.6) is 11.5 Å². The predicted molar refractivity (Wildman–Crippen MR) is 89.6 cm³/mol. The maximum Gasteiger partial charge on any atom is 0.248 e. The molecule has 0 aliphatic heterocycles. The molecule has 2 N–H and O–H groups in total. The molecule has 6 heteroatoms. The number of primary amides is 1. The predicted octanol–water partition coefficient (Wildman–Crippen LogP) is 3.51. The number of ether oxygens (including phenoxy) is 2. The van der Waals surface area contributed by atoms with Gasteiger partial charge in [-0.1, -0.05) is 12.1 Å². The number of nitrogens with two attached hydrogens (primary N) is 1. The first kappa shape index (κ1) is 16.5. The van der Waals surface area contributed by atoms with Gasteiger partial charge < -0.3 is 15.2 Å². The molecule has 0 saturated heterocycles. The van der Waals surface area contributed by atoms with Crippen LogP contribution in [-0.2, 0) is 6.61 Å². The van der Waals surface area contributed by atoms with Crippen LogP contribution in [0.2, 0.25) is 0 Å². The van der Waals surface area contributed by atoms with E-state index in [-0.39, 0.29) is 12.4 Å². The monoisotopic (exact) mass is 415 g/mol. The average Bonchev–Trinajstić information content (AvgIpc) is 2.48. The van der Waals surface area contributed by atoms with Crippen molar-refractivity contribution in [2.24, 2.45) is 5.73 Å². The summed E-state index contributed by atoms with van der Waals surface area (Å²) in [5, 5.41) is 0. The van der Waals surface area contributed by atoms with Crippen LogP contribution in [0.1, 0.15) is 22.8 Å². The topological polar surface area (TPSA) is 61.5 Å². The van der Waals surface area contributed by atoms with E-state index in [1.54, 1.807) is 24.3 Å². The van der Waals surface area contributed by atoms with Crippen LogP contribution < -0.4 is 15.2 Å². The Balaban J connectivity index is 2.25. The number of benzene rings is 2. The number of halogens is 2. The van der Waals surface area contributed by atoms with Crippen molar-refractivity contribution in [1.29, 1.82) is 0 Å². The highest BCUT2D eigenvalue weighted by atomic mass is 127. The Kier molecular flexibility index (Phi) is 5.59. The standard InChI is InChI=1S/C16H15FINO3/c1-2-21-14-8-11(16(19)20)7-13(18)15(14)22-9-10-3-5-12(17)6-4-10/h3-8H,2,9H2,1H3,(H2,19,20). The van der Waals surface area contributed by atoms with Gasteiger partial charge in [0, 0.05) is 5.56 Å². The molecule has 0 heterocycles. The molecule has 0 fully saturated rings. The summed E-state index contributed by atoms with van der Waals surface area (Å²) < 4.78 is 24.9. The molecule has 0 spiro atoms. The second kappa shape index (κ2) is 7.44. The Morgan fingerprint density at radius 1 is 1.23 bits per heavy atom. The lowest BCUT2D eigenvalue weighted by molar-refractivity contribution is 0.0999. The fraction of sp³-hybridized carbons (Fsp3) is 0.188. The summed E-state index contributed by atoms with van der Waals surface area (Å²) in [7, 11) is 0. The first-order chi connectivity index (χ1) is 10.5. The van der Waals surface area contributed by atoms with E-state index in [9.17, 15) is 9.18 Å². The lowest BCUT2D eigenvalue weighted by Crippen LogP contribution is -2.12. The highest BCUT2D eigenvalue weighted by Crippen LogP contribution is 2.34. The zero-order valence-electron chi connectivity index (χ0n) is 11.9. The Bertz CT molecular complexity index is 674. The van der Waals surface area contributed by atoms with Gasteiger partial charge in [-0.15, -0.1) is 0 Å². The molecule has 0 aliphatic rings. The third kappa shape index (κ3) is 4.09. The largest absolute Gasteiger partial charge is 0.490 e. The van der Waals surface area contributed by atoms with Crippen molar-refractivity contribution in [3.05, 3.63) is 56.9 Å². The van der Waals surface area contributed by atoms with Gasteiger partial charge in [0.05, 0.1) is 10.2 Å². The Morgan fingerprint density at radius 3 is 2.50 bits per heavy atom. The number of hydrogen-bond donors (Lipinski definition) is 1. The van der Waals surface area contributed by atoms with Gasteiger partial charge in [0.25, 0.3) is 0 Å². The summed E-state index contributed by atoms with van der Waals surface area (Å²) in [6, 6.07) is 9.27. The zero-order chi connectivity index (χ0) is 16.1. The van der Waals surface area contributed by atoms with E-state index in [4.69, 9.17) is 15.2 Å². The first-order valence-electron chi connectivity index (χ1n) is 6.64. The second-order valence-electron chi connectivity index (χ2n) is 4.50. The van der Waals surface area contributed by atoms with Crippen molar-refractivity contribution in [3.63, 3.8) is 0 Å². The Hall–Kier alpha value is -1.83. The van der Waals surface area contributed by atoms with Gasteiger partial charge in [-0.25, -0.2) is 4.39 Å². The second-order valence-corrected chi connectivity index (χ2v) is 5.66. The molecule has 1 amide bonds. The van der Waals surface area contributed by atoms with Crippen molar-refractivity contribution < 1.29 is 18.7 Å². The van der Waals surface area contributed by atoms with Crippen LogP contribution in [0.4, 0.5) is 4.39 Å². The number of rotatable bonds is 6. The van der Waals surface area contributed by atoms with E-state index < -0.39 is 5.91 Å². The maximum atomic E-state index is 12.9. The van der Waals surface area contributed by atoms with Gasteiger partial charge in [0.2, 0.25) is 5.91 Å². The number of hydrogen-bond acceptors (Lipinski definition) is 3. The van der Waals surface area contributed by atoms with Crippen LogP contribution in [0, 0.1) is 9.39 Å². The molecular formula is C16H15FINO3. The van der Waals surface area contributed by atoms with Gasteiger partial charge >= 0.3 is 0 Å². The summed E-state index contributed by atoms with van der Waals surface area (Å²) in [6.45, 7) is 2.55. The first-order valence-corrected chi connectivity index (χ1v) is 7.72. The smallest absolute Gasteiger partial charge is 0.248 e. The lowest BCUT2D eigenvalue weighted by Gasteiger charge is -2.15. The fourth-order valence-electron chi connectivity index (χ4n) is 1.85. The molecule has 2 rings (SSSR count). The van der Waals surface area contributed by atoms with E-state index in [1.165, 1.54) is 12.1 Å². The van der Waals surface area contributed by atoms with Crippen molar-refractivity contribution in [2.75, 3.05) is 6.61 Å². The molecule has 4 nitrogen and oxygen atoms in total. The minimum absolute atomic E-state index is 0.270. The van der Waals surface area contributed by atoms with Crippen LogP contribution in [0.3, 0.4) is 0 Å². The molecule has 0 bridgehead atoms. The minimum Gasteiger partial charge on any atom is -0.490 e. The summed E-state index contributed by atoms with van der Waals surface area (Å²) in [4.78, 5) is 11.3. The molecule has 0 aliphatic carbocycles. The highest BCUT2D eigenvalue weighted by molar-refractivity contribution is 14.1. The average molecular weight is 415 g/mol. The van der Waals surface area contributed by atoms with Crippen molar-refractivity contribution in [2.45, 2.75) is 13.5 Å². The van der Waals surface area contributed by atoms with E-state index in [0.29, 0.717) is 23.7 Å². The lowest BCUT2D eigenvalue weighted by atomic mass is 10.2. The van der Waals surface area contributed by atoms with Crippen LogP contribution in [0.25, 0.3) is 0 Å². The molecule has 2 aromatic carbocycles. The molecule has 0 unspecified atom stereocenters. The van der Waals surface area contributed by atoms with Crippen molar-refractivity contribution >= 4 is 28.5 Å². The van der Waals surface area contributed by atoms with Crippen molar-refractivity contribution in [3.8, 4) is 11.5 Å². The SMILES string of the molecule is CCOc1cc(C(N)=O)cc(I)c1OCc1ccc(F)cc1. The van der Waals surface area contributed by atoms with Crippen LogP contribution in [0.15, 0.2) is 36.4 Å². The van der Waals surface area contributed by atoms with Gasteiger partial charge in [-0.05, 0) is 59.3 Å². The zero-order valence-corrected chi connectivity index (χ0v) is 14.1. The summed E-state index contributed by atoms with van der Waals surface area (Å²) in [5.74, 6) is 0.185. The molecular weight excluding hydrogens is 400 g/mol. The van der Waals surface area contributed by atoms with Gasteiger partial charge in [-0.2, -0.15) is 0 Å². The van der Waals surface area contributed by atoms with Gasteiger partial charge in [-0.3, -0.25) is 4.79 Å². The molecule has 0 radical (unpaired) electrons. The number of carbonyl (C=O) groups excluding carboxylic acids is 1. The molecule has 22 heavy (non-hydrogen) atoms. The van der Waals surface area contributed by atoms with E-state index in [2.05, 4.69) is 22.6 Å². The molecule has 0 saturated carbocycles. The fourth-order valence-corrected chi connectivity index (χ4v) is 2.61. The summed E-state index contributed by atoms with van der Waals surface area (Å²) in [6.07, 6.45) is 0. The Morgan fingerprint density at radius 2 is 1.91 bits per heavy atom. The molecule has 0 atom stereocenters. The van der Waals surface area contributed by atoms with Gasteiger partial charge in [0.1, 0.15) is 12.4 Å². The van der Waals surface area contributed by atoms with Crippen molar-refractivity contribution in [1.82, 2.24) is 0 Å². The molecule has 116 valence electrons. The van der Waals surface area contributed by atoms with E-state index in [1.807, 2.05) is 6.92 Å². The highest BCUT2D eigenvalue weighted by Gasteiger charge is 2.14. The van der Waals surface area contributed by atoms with Gasteiger partial charge in [0.15, 0.2) is 11.5 Å². The summed E-state index contributed by atoms with van der Waals surface area (Å²) in [5.41, 5.74) is 6.50. The summed E-state index contributed by atoms with van der Waals surface area (Å²) >= 11 is 2.06. The number of amides is 1. The maximum absolute atomic E-state index is 12.9. The Labute approximate surface area is 141 Å². The van der Waals surface area contributed by atoms with E-state index >= 15 is 0 Å². The molecule has 2 aromatic rings. The number of carbonyl (C=O) groups is 1.